The lowest BCUT2D eigenvalue weighted by Crippen LogP contribution is -1.86. The number of aliphatic imine (C=N–C) groups is 2. The van der Waals surface area contributed by atoms with Crippen LogP contribution in [0.4, 0.5) is 11.4 Å². The summed E-state index contributed by atoms with van der Waals surface area (Å²) in [7, 11) is 0. The van der Waals surface area contributed by atoms with E-state index in [0.717, 1.165) is 34.3 Å². The van der Waals surface area contributed by atoms with Crippen molar-refractivity contribution in [3.63, 3.8) is 0 Å². The Labute approximate surface area is 185 Å². The maximum Gasteiger partial charge on any atom is 0.0766 e. The highest BCUT2D eigenvalue weighted by Crippen LogP contribution is 2.33. The Kier molecular flexibility index (Phi) is 7.26. The summed E-state index contributed by atoms with van der Waals surface area (Å²) in [5, 5.41) is 0. The number of rotatable bonds is 9. The van der Waals surface area contributed by atoms with Crippen LogP contribution < -0.4 is 0 Å². The maximum absolute atomic E-state index is 4.64. The van der Waals surface area contributed by atoms with Crippen molar-refractivity contribution in [2.75, 3.05) is 11.5 Å². The third-order valence-electron chi connectivity index (χ3n) is 4.26. The second kappa shape index (κ2) is 10.7. The van der Waals surface area contributed by atoms with Gasteiger partial charge in [0.2, 0.25) is 0 Å². The first kappa shape index (κ1) is 20.3. The summed E-state index contributed by atoms with van der Waals surface area (Å²) in [5.41, 5.74) is 4.00. The molecule has 4 nitrogen and oxygen atoms in total. The molecule has 30 heavy (non-hydrogen) atoms. The van der Waals surface area contributed by atoms with Crippen LogP contribution >= 0.6 is 23.5 Å². The summed E-state index contributed by atoms with van der Waals surface area (Å²) in [5.74, 6) is 1.99. The lowest BCUT2D eigenvalue weighted by Gasteiger charge is -2.07. The molecule has 0 aliphatic heterocycles. The minimum atomic E-state index is 0.994. The van der Waals surface area contributed by atoms with E-state index < -0.39 is 0 Å². The van der Waals surface area contributed by atoms with Gasteiger partial charge in [-0.3, -0.25) is 9.98 Å². The van der Waals surface area contributed by atoms with Gasteiger partial charge in [-0.05, 0) is 48.5 Å². The highest BCUT2D eigenvalue weighted by molar-refractivity contribution is 8.03. The Morgan fingerprint density at radius 3 is 1.50 bits per heavy atom. The Bertz CT molecular complexity index is 1010. The first-order chi connectivity index (χ1) is 14.9. The fourth-order valence-electron chi connectivity index (χ4n) is 2.80. The van der Waals surface area contributed by atoms with Crippen LogP contribution in [0.1, 0.15) is 11.4 Å². The van der Waals surface area contributed by atoms with Gasteiger partial charge in [0.05, 0.1) is 35.2 Å². The first-order valence-corrected chi connectivity index (χ1v) is 11.6. The van der Waals surface area contributed by atoms with E-state index in [2.05, 4.69) is 56.4 Å². The van der Waals surface area contributed by atoms with Gasteiger partial charge in [0.15, 0.2) is 0 Å². The molecule has 0 saturated carbocycles. The Balaban J connectivity index is 1.34. The molecule has 2 aromatic heterocycles. The largest absolute Gasteiger partial charge is 0.360 e. The second-order valence-corrected chi connectivity index (χ2v) is 8.67. The van der Waals surface area contributed by atoms with Crippen LogP contribution in [-0.2, 0) is 0 Å². The van der Waals surface area contributed by atoms with E-state index in [0.29, 0.717) is 0 Å². The smallest absolute Gasteiger partial charge is 0.0766 e. The average molecular weight is 431 g/mol. The van der Waals surface area contributed by atoms with Crippen molar-refractivity contribution in [1.82, 2.24) is 9.97 Å². The quantitative estimate of drug-likeness (QED) is 0.176. The molecule has 0 saturated heterocycles. The highest BCUT2D eigenvalue weighted by Gasteiger charge is 2.04. The molecule has 0 fully saturated rings. The van der Waals surface area contributed by atoms with E-state index in [1.807, 2.05) is 84.7 Å². The Hall–Kier alpha value is -2.96. The molecule has 4 rings (SSSR count). The number of hydrogen-bond donors (Lipinski definition) is 2. The molecular formula is C24H22N4S2. The second-order valence-electron chi connectivity index (χ2n) is 6.40. The van der Waals surface area contributed by atoms with Crippen LogP contribution in [-0.4, -0.2) is 33.9 Å². The normalized spacial score (nSPS) is 11.6. The molecule has 0 aliphatic carbocycles. The van der Waals surface area contributed by atoms with Crippen molar-refractivity contribution < 1.29 is 0 Å². The van der Waals surface area contributed by atoms with E-state index in [1.54, 1.807) is 0 Å². The molecule has 2 N–H and O–H groups in total. The molecule has 0 unspecified atom stereocenters. The number of thioether (sulfide) groups is 2. The summed E-state index contributed by atoms with van der Waals surface area (Å²) in [6, 6.07) is 24.5. The third-order valence-corrected chi connectivity index (χ3v) is 6.65. The summed E-state index contributed by atoms with van der Waals surface area (Å²) >= 11 is 3.67. The highest BCUT2D eigenvalue weighted by atomic mass is 32.2. The van der Waals surface area contributed by atoms with Gasteiger partial charge in [0.1, 0.15) is 0 Å². The van der Waals surface area contributed by atoms with Crippen LogP contribution in [0, 0.1) is 0 Å². The maximum atomic E-state index is 4.64. The van der Waals surface area contributed by atoms with Crippen LogP contribution in [0.15, 0.2) is 105 Å². The van der Waals surface area contributed by atoms with Crippen LogP contribution in [0.25, 0.3) is 0 Å². The monoisotopic (exact) mass is 430 g/mol. The molecule has 150 valence electrons. The molecule has 0 bridgehead atoms. The van der Waals surface area contributed by atoms with Crippen molar-refractivity contribution in [3.05, 3.63) is 96.6 Å². The van der Waals surface area contributed by atoms with Crippen LogP contribution in [0.5, 0.6) is 0 Å². The molecule has 4 aromatic rings. The van der Waals surface area contributed by atoms with Gasteiger partial charge in [0, 0.05) is 33.7 Å². The zero-order chi connectivity index (χ0) is 20.4. The van der Waals surface area contributed by atoms with E-state index in [-0.39, 0.29) is 0 Å². The number of aromatic amines is 2. The molecule has 2 aromatic carbocycles. The first-order valence-electron chi connectivity index (χ1n) is 9.67. The van der Waals surface area contributed by atoms with Crippen molar-refractivity contribution in [2.24, 2.45) is 9.98 Å². The molecule has 0 radical (unpaired) electrons. The number of nitrogens with one attached hydrogen (secondary N) is 2. The number of H-pyrrole nitrogens is 2. The van der Waals surface area contributed by atoms with Gasteiger partial charge < -0.3 is 9.97 Å². The van der Waals surface area contributed by atoms with Crippen molar-refractivity contribution in [1.29, 1.82) is 0 Å². The average Bonchev–Trinajstić information content (AvgIpc) is 3.49. The number of aromatic nitrogens is 2. The van der Waals surface area contributed by atoms with Gasteiger partial charge in [-0.25, -0.2) is 0 Å². The van der Waals surface area contributed by atoms with Crippen LogP contribution in [0.2, 0.25) is 0 Å². The van der Waals surface area contributed by atoms with Crippen molar-refractivity contribution in [2.45, 2.75) is 9.79 Å². The Morgan fingerprint density at radius 2 is 1.07 bits per heavy atom. The van der Waals surface area contributed by atoms with E-state index in [1.165, 1.54) is 9.79 Å². The molecule has 2 heterocycles. The van der Waals surface area contributed by atoms with E-state index in [4.69, 9.17) is 0 Å². The molecule has 0 atom stereocenters. The summed E-state index contributed by atoms with van der Waals surface area (Å²) < 4.78 is 0. The summed E-state index contributed by atoms with van der Waals surface area (Å²) in [6.07, 6.45) is 7.54. The minimum absolute atomic E-state index is 0.994. The number of para-hydroxylation sites is 2. The topological polar surface area (TPSA) is 56.3 Å². The van der Waals surface area contributed by atoms with Gasteiger partial charge >= 0.3 is 0 Å². The van der Waals surface area contributed by atoms with Crippen molar-refractivity contribution in [3.8, 4) is 0 Å². The van der Waals surface area contributed by atoms with Gasteiger partial charge in [-0.1, -0.05) is 24.3 Å². The van der Waals surface area contributed by atoms with E-state index >= 15 is 0 Å². The number of benzene rings is 2. The zero-order valence-electron chi connectivity index (χ0n) is 16.4. The van der Waals surface area contributed by atoms with Gasteiger partial charge in [-0.2, -0.15) is 0 Å². The minimum Gasteiger partial charge on any atom is -0.360 e. The SMILES string of the molecule is C(=Nc1ccccc1SCCSc1ccccc1N=Cc1ccc[nH]1)c1ccc[nH]1. The Morgan fingerprint density at radius 1 is 0.600 bits per heavy atom. The standard InChI is InChI=1S/C24H22N4S2/c1-3-11-23(21(9-1)27-17-19-7-5-13-25-19)29-15-16-30-24-12-4-2-10-22(24)28-18-20-8-6-14-26-20/h1-14,17-18,25-26H,15-16H2. The summed E-state index contributed by atoms with van der Waals surface area (Å²) in [4.78, 5) is 18.0. The van der Waals surface area contributed by atoms with Crippen molar-refractivity contribution >= 4 is 47.3 Å². The van der Waals surface area contributed by atoms with Crippen LogP contribution in [0.3, 0.4) is 0 Å². The lowest BCUT2D eigenvalue weighted by molar-refractivity contribution is 1.34. The summed E-state index contributed by atoms with van der Waals surface area (Å²) in [6.45, 7) is 0. The third kappa shape index (κ3) is 5.78. The molecular weight excluding hydrogens is 408 g/mol. The zero-order valence-corrected chi connectivity index (χ0v) is 18.0. The van der Waals surface area contributed by atoms with Gasteiger partial charge in [0.25, 0.3) is 0 Å². The molecule has 0 spiro atoms. The number of nitrogens with zero attached hydrogens (tertiary/aromatic N) is 2. The predicted octanol–water partition coefficient (Wildman–Crippen LogP) is 6.73. The van der Waals surface area contributed by atoms with E-state index in [9.17, 15) is 0 Å². The lowest BCUT2D eigenvalue weighted by atomic mass is 10.3. The molecule has 0 amide bonds. The fourth-order valence-corrected chi connectivity index (χ4v) is 4.80. The molecule has 6 heteroatoms. The fraction of sp³-hybridized carbons (Fsp3) is 0.0833. The molecule has 0 aliphatic rings. The number of hydrogen-bond acceptors (Lipinski definition) is 4. The predicted molar refractivity (Wildman–Crippen MR) is 130 cm³/mol. The van der Waals surface area contributed by atoms with Gasteiger partial charge in [-0.15, -0.1) is 23.5 Å².